The second kappa shape index (κ2) is 6.51. The van der Waals surface area contributed by atoms with Crippen LogP contribution in [0.5, 0.6) is 0 Å². The third kappa shape index (κ3) is 3.41. The average Bonchev–Trinajstić information content (AvgIpc) is 2.35. The normalized spacial score (nSPS) is 15.6. The Morgan fingerprint density at radius 1 is 1.27 bits per heavy atom. The van der Waals surface area contributed by atoms with E-state index < -0.39 is 11.9 Å². The van der Waals surface area contributed by atoms with Gasteiger partial charge < -0.3 is 9.80 Å². The van der Waals surface area contributed by atoms with Gasteiger partial charge in [-0.3, -0.25) is 0 Å². The van der Waals surface area contributed by atoms with Crippen molar-refractivity contribution in [2.45, 2.75) is 13.1 Å². The molecule has 22 heavy (non-hydrogen) atoms. The van der Waals surface area contributed by atoms with Crippen LogP contribution in [0.1, 0.15) is 5.56 Å². The molecule has 118 valence electrons. The van der Waals surface area contributed by atoms with Gasteiger partial charge in [0.25, 0.3) is 0 Å². The minimum atomic E-state index is -4.46. The number of halogens is 4. The van der Waals surface area contributed by atoms with E-state index in [1.807, 2.05) is 0 Å². The van der Waals surface area contributed by atoms with Crippen molar-refractivity contribution >= 4 is 17.3 Å². The summed E-state index contributed by atoms with van der Waals surface area (Å²) in [6, 6.07) is 6.10. The minimum absolute atomic E-state index is 0. The zero-order valence-electron chi connectivity index (χ0n) is 12.0. The summed E-state index contributed by atoms with van der Waals surface area (Å²) in [5, 5.41) is 0.435. The largest absolute Gasteiger partial charge is 0.431 e. The zero-order valence-corrected chi connectivity index (χ0v) is 15.7. The molecule has 0 spiro atoms. The molecule has 0 amide bonds. The fourth-order valence-electron chi connectivity index (χ4n) is 2.14. The zero-order chi connectivity index (χ0) is 15.9. The maximum absolute atomic E-state index is 13.0. The van der Waals surface area contributed by atoms with Gasteiger partial charge in [0.15, 0.2) is 0 Å². The van der Waals surface area contributed by atoms with Crippen molar-refractivity contribution in [3.05, 3.63) is 65.2 Å². The van der Waals surface area contributed by atoms with E-state index in [1.54, 1.807) is 19.1 Å². The summed E-state index contributed by atoms with van der Waals surface area (Å²) < 4.78 is 38.9. The van der Waals surface area contributed by atoms with Gasteiger partial charge in [0.2, 0.25) is 0 Å². The van der Waals surface area contributed by atoms with Gasteiger partial charge >= 0.3 is 6.18 Å². The van der Waals surface area contributed by atoms with Gasteiger partial charge in [-0.25, -0.2) is 0 Å². The quantitative estimate of drug-likeness (QED) is 0.522. The number of aryl methyl sites for hydroxylation is 1. The molecule has 0 saturated carbocycles. The SMILES string of the molecule is C=C1C=C(C(F)(F)F)N(C)C(=C)N1c1c[c-]c(Cl)cc1C.[W]. The molecule has 2 rings (SSSR count). The first kappa shape index (κ1) is 18.9. The van der Waals surface area contributed by atoms with E-state index in [0.29, 0.717) is 10.7 Å². The second-order valence-electron chi connectivity index (χ2n) is 4.68. The van der Waals surface area contributed by atoms with Gasteiger partial charge in [0.05, 0.1) is 5.82 Å². The summed E-state index contributed by atoms with van der Waals surface area (Å²) >= 11 is 5.85. The maximum Gasteiger partial charge on any atom is 0.431 e. The van der Waals surface area contributed by atoms with Crippen molar-refractivity contribution in [1.29, 1.82) is 0 Å². The Morgan fingerprint density at radius 2 is 1.86 bits per heavy atom. The van der Waals surface area contributed by atoms with Crippen LogP contribution in [0.2, 0.25) is 5.02 Å². The van der Waals surface area contributed by atoms with Crippen molar-refractivity contribution in [3.8, 4) is 0 Å². The molecule has 0 atom stereocenters. The van der Waals surface area contributed by atoms with E-state index in [-0.39, 0.29) is 32.6 Å². The third-order valence-electron chi connectivity index (χ3n) is 3.22. The number of nitrogens with zero attached hydrogens (tertiary/aromatic N) is 2. The molecule has 0 saturated heterocycles. The molecule has 7 heteroatoms. The predicted octanol–water partition coefficient (Wildman–Crippen LogP) is 4.63. The van der Waals surface area contributed by atoms with Crippen LogP contribution in [0.3, 0.4) is 0 Å². The molecule has 0 fully saturated rings. The first-order chi connectivity index (χ1) is 9.62. The molecule has 1 aromatic rings. The maximum atomic E-state index is 13.0. The number of hydrogen-bond acceptors (Lipinski definition) is 2. The summed E-state index contributed by atoms with van der Waals surface area (Å²) in [5.41, 5.74) is 0.811. The van der Waals surface area contributed by atoms with Crippen LogP contribution in [0.4, 0.5) is 18.9 Å². The molecule has 0 aliphatic carbocycles. The van der Waals surface area contributed by atoms with Gasteiger partial charge in [-0.2, -0.15) is 25.3 Å². The van der Waals surface area contributed by atoms with Crippen LogP contribution in [-0.2, 0) is 21.1 Å². The molecule has 0 bridgehead atoms. The van der Waals surface area contributed by atoms with Crippen molar-refractivity contribution in [3.63, 3.8) is 0 Å². The van der Waals surface area contributed by atoms with E-state index in [2.05, 4.69) is 19.2 Å². The predicted molar refractivity (Wildman–Crippen MR) is 77.7 cm³/mol. The first-order valence-corrected chi connectivity index (χ1v) is 6.39. The molecule has 0 radical (unpaired) electrons. The fourth-order valence-corrected chi connectivity index (χ4v) is 2.36. The Balaban J connectivity index is 0.00000242. The summed E-state index contributed by atoms with van der Waals surface area (Å²) in [7, 11) is 1.32. The Kier molecular flexibility index (Phi) is 5.58. The standard InChI is InChI=1S/C15H13ClF3N2.W/c1-9-7-12(16)5-6-13(9)21-10(2)8-14(15(17,18)19)20(4)11(21)3;/h6-8H,2-3H2,1,4H3;/q-1;. The Bertz CT molecular complexity index is 653. The molecule has 1 aliphatic rings. The van der Waals surface area contributed by atoms with E-state index >= 15 is 0 Å². The van der Waals surface area contributed by atoms with Crippen LogP contribution in [0, 0.1) is 13.0 Å². The monoisotopic (exact) mass is 497 g/mol. The van der Waals surface area contributed by atoms with Crippen LogP contribution in [0.25, 0.3) is 0 Å². The van der Waals surface area contributed by atoms with E-state index in [1.165, 1.54) is 11.9 Å². The van der Waals surface area contributed by atoms with E-state index in [0.717, 1.165) is 16.5 Å². The smallest absolute Gasteiger partial charge is 0.352 e. The Hall–Kier alpha value is -1.19. The summed E-state index contributed by atoms with van der Waals surface area (Å²) in [4.78, 5) is 2.53. The molecular weight excluding hydrogens is 484 g/mol. The van der Waals surface area contributed by atoms with Crippen LogP contribution in [0.15, 0.2) is 48.6 Å². The van der Waals surface area contributed by atoms with Gasteiger partial charge in [-0.15, -0.1) is 23.2 Å². The topological polar surface area (TPSA) is 6.48 Å². The van der Waals surface area contributed by atoms with E-state index in [9.17, 15) is 13.2 Å². The summed E-state index contributed by atoms with van der Waals surface area (Å²) in [5.74, 6) is 0.161. The number of rotatable bonds is 1. The van der Waals surface area contributed by atoms with Crippen molar-refractivity contribution in [1.82, 2.24) is 4.90 Å². The molecule has 0 unspecified atom stereocenters. The third-order valence-corrected chi connectivity index (χ3v) is 3.44. The second-order valence-corrected chi connectivity index (χ2v) is 5.09. The van der Waals surface area contributed by atoms with Gasteiger partial charge in [0.1, 0.15) is 5.70 Å². The fraction of sp³-hybridized carbons (Fsp3) is 0.200. The molecule has 1 aromatic carbocycles. The van der Waals surface area contributed by atoms with Gasteiger partial charge in [-0.1, -0.05) is 30.8 Å². The number of allylic oxidation sites excluding steroid dienone is 2. The van der Waals surface area contributed by atoms with E-state index in [4.69, 9.17) is 11.6 Å². The molecule has 1 aliphatic heterocycles. The number of benzene rings is 1. The number of anilines is 1. The van der Waals surface area contributed by atoms with Gasteiger partial charge in [-0.05, 0) is 6.08 Å². The number of alkyl halides is 3. The van der Waals surface area contributed by atoms with Crippen LogP contribution >= 0.6 is 11.6 Å². The first-order valence-electron chi connectivity index (χ1n) is 6.01. The summed E-state index contributed by atoms with van der Waals surface area (Å²) in [6.45, 7) is 9.24. The van der Waals surface area contributed by atoms with Crippen molar-refractivity contribution in [2.24, 2.45) is 0 Å². The minimum Gasteiger partial charge on any atom is -0.352 e. The Morgan fingerprint density at radius 3 is 2.36 bits per heavy atom. The van der Waals surface area contributed by atoms with Crippen LogP contribution in [-0.4, -0.2) is 18.1 Å². The Labute approximate surface area is 146 Å². The molecular formula is C15H13ClF3N2W-. The molecule has 0 aromatic heterocycles. The van der Waals surface area contributed by atoms with Crippen LogP contribution < -0.4 is 4.90 Å². The van der Waals surface area contributed by atoms with Crippen molar-refractivity contribution < 1.29 is 34.2 Å². The van der Waals surface area contributed by atoms with Crippen molar-refractivity contribution in [2.75, 3.05) is 11.9 Å². The van der Waals surface area contributed by atoms with Gasteiger partial charge in [0, 0.05) is 33.8 Å². The average molecular weight is 498 g/mol. The molecule has 0 N–H and O–H groups in total. The number of hydrogen-bond donors (Lipinski definition) is 0. The summed E-state index contributed by atoms with van der Waals surface area (Å²) in [6.07, 6.45) is -3.48. The molecule has 2 nitrogen and oxygen atoms in total. The molecule has 1 heterocycles.